The highest BCUT2D eigenvalue weighted by Crippen LogP contribution is 2.18. The van der Waals surface area contributed by atoms with Crippen LogP contribution < -0.4 is 5.32 Å². The molecule has 2 heterocycles. The van der Waals surface area contributed by atoms with E-state index < -0.39 is 0 Å². The molecular weight excluding hydrogens is 258 g/mol. The Morgan fingerprint density at radius 3 is 2.70 bits per heavy atom. The van der Waals surface area contributed by atoms with Crippen LogP contribution in [0, 0.1) is 5.92 Å². The molecule has 1 unspecified atom stereocenters. The van der Waals surface area contributed by atoms with Crippen LogP contribution >= 0.6 is 0 Å². The Morgan fingerprint density at radius 2 is 2.00 bits per heavy atom. The molecule has 1 N–H and O–H groups in total. The number of carbonyl (C=O) groups excluding carboxylic acids is 2. The summed E-state index contributed by atoms with van der Waals surface area (Å²) in [6.45, 7) is 7.69. The fourth-order valence-electron chi connectivity index (χ4n) is 2.82. The van der Waals surface area contributed by atoms with Crippen LogP contribution in [0.5, 0.6) is 0 Å². The van der Waals surface area contributed by atoms with Crippen molar-refractivity contribution in [2.24, 2.45) is 5.92 Å². The molecule has 0 bridgehead atoms. The van der Waals surface area contributed by atoms with Gasteiger partial charge in [-0.1, -0.05) is 0 Å². The Hall–Kier alpha value is -1.14. The first-order valence-corrected chi connectivity index (χ1v) is 7.58. The number of carbonyl (C=O) groups is 2. The normalized spacial score (nSPS) is 24.4. The molecule has 0 aromatic carbocycles. The van der Waals surface area contributed by atoms with E-state index in [0.29, 0.717) is 19.7 Å². The van der Waals surface area contributed by atoms with Crippen molar-refractivity contribution < 1.29 is 14.3 Å². The molecule has 2 aliphatic rings. The summed E-state index contributed by atoms with van der Waals surface area (Å²) >= 11 is 0. The van der Waals surface area contributed by atoms with Crippen LogP contribution in [0.15, 0.2) is 0 Å². The number of nitrogens with one attached hydrogen (secondary N) is 1. The predicted octanol–water partition coefficient (Wildman–Crippen LogP) is -0.307. The minimum Gasteiger partial charge on any atom is -0.466 e. The first kappa shape index (κ1) is 15.3. The van der Waals surface area contributed by atoms with Gasteiger partial charge in [0, 0.05) is 39.3 Å². The Bertz CT molecular complexity index is 343. The fraction of sp³-hybridized carbons (Fsp3) is 0.857. The molecule has 0 aromatic rings. The second kappa shape index (κ2) is 7.59. The van der Waals surface area contributed by atoms with Gasteiger partial charge < -0.3 is 15.0 Å². The van der Waals surface area contributed by atoms with Gasteiger partial charge in [-0.3, -0.25) is 14.5 Å². The van der Waals surface area contributed by atoms with Gasteiger partial charge in [0.15, 0.2) is 0 Å². The zero-order valence-electron chi connectivity index (χ0n) is 12.3. The zero-order valence-corrected chi connectivity index (χ0v) is 12.3. The number of piperidine rings is 1. The van der Waals surface area contributed by atoms with Crippen LogP contribution in [0.2, 0.25) is 0 Å². The first-order chi connectivity index (χ1) is 9.70. The molecule has 0 radical (unpaired) electrons. The van der Waals surface area contributed by atoms with E-state index in [2.05, 4.69) is 10.2 Å². The number of likely N-dealkylation sites (tertiary alicyclic amines) is 1. The molecule has 0 aromatic heterocycles. The molecule has 2 rings (SSSR count). The summed E-state index contributed by atoms with van der Waals surface area (Å²) in [7, 11) is 0. The highest BCUT2D eigenvalue weighted by atomic mass is 16.5. The van der Waals surface area contributed by atoms with Crippen molar-refractivity contribution in [1.82, 2.24) is 15.1 Å². The molecule has 114 valence electrons. The molecule has 6 heteroatoms. The van der Waals surface area contributed by atoms with Crippen LogP contribution in [0.1, 0.15) is 19.8 Å². The lowest BCUT2D eigenvalue weighted by molar-refractivity contribution is -0.151. The summed E-state index contributed by atoms with van der Waals surface area (Å²) in [6, 6.07) is 0. The van der Waals surface area contributed by atoms with Crippen molar-refractivity contribution in [3.05, 3.63) is 0 Å². The quantitative estimate of drug-likeness (QED) is 0.717. The van der Waals surface area contributed by atoms with Crippen molar-refractivity contribution in [3.8, 4) is 0 Å². The zero-order chi connectivity index (χ0) is 14.4. The second-order valence-electron chi connectivity index (χ2n) is 5.46. The number of amides is 1. The van der Waals surface area contributed by atoms with Crippen molar-refractivity contribution >= 4 is 11.9 Å². The number of hydrogen-bond acceptors (Lipinski definition) is 5. The van der Waals surface area contributed by atoms with Crippen molar-refractivity contribution in [1.29, 1.82) is 0 Å². The van der Waals surface area contributed by atoms with Crippen LogP contribution in [0.4, 0.5) is 0 Å². The maximum atomic E-state index is 12.3. The first-order valence-electron chi connectivity index (χ1n) is 7.58. The number of nitrogens with zero attached hydrogens (tertiary/aromatic N) is 2. The summed E-state index contributed by atoms with van der Waals surface area (Å²) in [5.74, 6) is -0.163. The highest BCUT2D eigenvalue weighted by Gasteiger charge is 2.29. The van der Waals surface area contributed by atoms with Crippen LogP contribution in [0.25, 0.3) is 0 Å². The second-order valence-corrected chi connectivity index (χ2v) is 5.46. The van der Waals surface area contributed by atoms with Crippen molar-refractivity contribution in [2.45, 2.75) is 19.8 Å². The number of piperazine rings is 1. The minimum atomic E-state index is -0.160. The van der Waals surface area contributed by atoms with Gasteiger partial charge in [0.1, 0.15) is 0 Å². The largest absolute Gasteiger partial charge is 0.466 e. The summed E-state index contributed by atoms with van der Waals surface area (Å²) in [5.41, 5.74) is 0. The maximum Gasteiger partial charge on any atom is 0.310 e. The molecule has 1 atom stereocenters. The summed E-state index contributed by atoms with van der Waals surface area (Å²) in [5, 5.41) is 3.28. The van der Waals surface area contributed by atoms with Crippen LogP contribution in [-0.4, -0.2) is 74.1 Å². The van der Waals surface area contributed by atoms with Crippen molar-refractivity contribution in [2.75, 3.05) is 52.4 Å². The van der Waals surface area contributed by atoms with Gasteiger partial charge >= 0.3 is 5.97 Å². The molecular formula is C14H25N3O3. The molecule has 6 nitrogen and oxygen atoms in total. The highest BCUT2D eigenvalue weighted by molar-refractivity contribution is 5.80. The number of hydrogen-bond donors (Lipinski definition) is 1. The molecule has 20 heavy (non-hydrogen) atoms. The Morgan fingerprint density at radius 1 is 1.25 bits per heavy atom. The molecule has 2 aliphatic heterocycles. The van der Waals surface area contributed by atoms with E-state index >= 15 is 0 Å². The maximum absolute atomic E-state index is 12.3. The van der Waals surface area contributed by atoms with Gasteiger partial charge in [-0.25, -0.2) is 0 Å². The molecule has 2 saturated heterocycles. The number of ether oxygens (including phenoxy) is 1. The van der Waals surface area contributed by atoms with E-state index in [-0.39, 0.29) is 17.8 Å². The lowest BCUT2D eigenvalue weighted by Gasteiger charge is -2.34. The van der Waals surface area contributed by atoms with E-state index in [0.717, 1.165) is 45.6 Å². The fourth-order valence-corrected chi connectivity index (χ4v) is 2.82. The van der Waals surface area contributed by atoms with Gasteiger partial charge in [-0.15, -0.1) is 0 Å². The third-order valence-corrected chi connectivity index (χ3v) is 3.96. The monoisotopic (exact) mass is 283 g/mol. The van der Waals surface area contributed by atoms with E-state index in [4.69, 9.17) is 4.74 Å². The Labute approximate surface area is 120 Å². The smallest absolute Gasteiger partial charge is 0.310 e. The van der Waals surface area contributed by atoms with Crippen LogP contribution in [0.3, 0.4) is 0 Å². The SMILES string of the molecule is CCOC(=O)C1CCCN(C(=O)CN2CCNCC2)C1. The molecule has 2 fully saturated rings. The van der Waals surface area contributed by atoms with Gasteiger partial charge in [0.05, 0.1) is 19.1 Å². The van der Waals surface area contributed by atoms with Gasteiger partial charge in [0.2, 0.25) is 5.91 Å². The third kappa shape index (κ3) is 4.18. The average Bonchev–Trinajstić information content (AvgIpc) is 2.48. The minimum absolute atomic E-state index is 0.140. The van der Waals surface area contributed by atoms with Gasteiger partial charge in [-0.05, 0) is 19.8 Å². The van der Waals surface area contributed by atoms with Crippen LogP contribution in [-0.2, 0) is 14.3 Å². The lowest BCUT2D eigenvalue weighted by Crippen LogP contribution is -2.50. The van der Waals surface area contributed by atoms with Gasteiger partial charge in [-0.2, -0.15) is 0 Å². The summed E-state index contributed by atoms with van der Waals surface area (Å²) < 4.78 is 5.06. The topological polar surface area (TPSA) is 61.9 Å². The number of esters is 1. The molecule has 1 amide bonds. The predicted molar refractivity (Wildman–Crippen MR) is 75.2 cm³/mol. The van der Waals surface area contributed by atoms with Gasteiger partial charge in [0.25, 0.3) is 0 Å². The number of rotatable bonds is 4. The Balaban J connectivity index is 1.81. The summed E-state index contributed by atoms with van der Waals surface area (Å²) in [6.07, 6.45) is 1.72. The van der Waals surface area contributed by atoms with E-state index in [1.807, 2.05) is 11.8 Å². The molecule has 0 saturated carbocycles. The van der Waals surface area contributed by atoms with E-state index in [1.54, 1.807) is 0 Å². The molecule has 0 aliphatic carbocycles. The third-order valence-electron chi connectivity index (χ3n) is 3.96. The van der Waals surface area contributed by atoms with E-state index in [1.165, 1.54) is 0 Å². The standard InChI is InChI=1S/C14H25N3O3/c1-2-20-14(19)12-4-3-7-17(10-12)13(18)11-16-8-5-15-6-9-16/h12,15H,2-11H2,1H3. The summed E-state index contributed by atoms with van der Waals surface area (Å²) in [4.78, 5) is 28.1. The van der Waals surface area contributed by atoms with E-state index in [9.17, 15) is 9.59 Å². The van der Waals surface area contributed by atoms with Crippen molar-refractivity contribution in [3.63, 3.8) is 0 Å². The average molecular weight is 283 g/mol. The Kier molecular flexibility index (Phi) is 5.79. The lowest BCUT2D eigenvalue weighted by atomic mass is 9.98. The molecule has 0 spiro atoms.